The maximum atomic E-state index is 12.4. The first-order valence-electron chi connectivity index (χ1n) is 8.08. The summed E-state index contributed by atoms with van der Waals surface area (Å²) in [7, 11) is 1.89. The van der Waals surface area contributed by atoms with Gasteiger partial charge in [0.1, 0.15) is 5.75 Å². The number of hydrogen-bond donors (Lipinski definition) is 1. The van der Waals surface area contributed by atoms with Crippen molar-refractivity contribution in [2.45, 2.75) is 31.9 Å². The quantitative estimate of drug-likeness (QED) is 0.845. The van der Waals surface area contributed by atoms with Crippen molar-refractivity contribution in [2.24, 2.45) is 7.05 Å². The van der Waals surface area contributed by atoms with E-state index in [2.05, 4.69) is 15.2 Å². The van der Waals surface area contributed by atoms with E-state index in [0.717, 1.165) is 30.5 Å². The fourth-order valence-electron chi connectivity index (χ4n) is 3.06. The van der Waals surface area contributed by atoms with Crippen molar-refractivity contribution < 1.29 is 18.3 Å². The number of aromatic nitrogens is 2. The van der Waals surface area contributed by atoms with E-state index in [0.29, 0.717) is 5.56 Å². The highest BCUT2D eigenvalue weighted by Gasteiger charge is 2.24. The number of carbonyl (C=O) groups excluding carboxylic acids is 1. The lowest BCUT2D eigenvalue weighted by Gasteiger charge is -2.23. The molecular formula is C18H19F2N3O2. The summed E-state index contributed by atoms with van der Waals surface area (Å²) in [5.74, 6) is -0.248. The van der Waals surface area contributed by atoms with Gasteiger partial charge >= 0.3 is 6.61 Å². The number of benzene rings is 1. The highest BCUT2D eigenvalue weighted by molar-refractivity contribution is 5.92. The Morgan fingerprint density at radius 3 is 3.04 bits per heavy atom. The lowest BCUT2D eigenvalue weighted by molar-refractivity contribution is -0.117. The van der Waals surface area contributed by atoms with Crippen molar-refractivity contribution in [1.29, 1.82) is 0 Å². The normalized spacial score (nSPS) is 16.9. The topological polar surface area (TPSA) is 56.2 Å². The third kappa shape index (κ3) is 4.04. The number of carbonyl (C=O) groups is 1. The number of nitrogens with zero attached hydrogens (tertiary/aromatic N) is 2. The molecule has 0 unspecified atom stereocenters. The van der Waals surface area contributed by atoms with Crippen LogP contribution >= 0.6 is 0 Å². The zero-order valence-corrected chi connectivity index (χ0v) is 13.8. The van der Waals surface area contributed by atoms with Crippen LogP contribution in [-0.4, -0.2) is 22.3 Å². The molecule has 0 fully saturated rings. The molecular weight excluding hydrogens is 328 g/mol. The van der Waals surface area contributed by atoms with Gasteiger partial charge in [0.15, 0.2) is 0 Å². The van der Waals surface area contributed by atoms with E-state index in [-0.39, 0.29) is 17.7 Å². The van der Waals surface area contributed by atoms with E-state index in [1.807, 2.05) is 11.7 Å². The molecule has 132 valence electrons. The minimum Gasteiger partial charge on any atom is -0.434 e. The maximum Gasteiger partial charge on any atom is 0.387 e. The molecule has 7 heteroatoms. The summed E-state index contributed by atoms with van der Waals surface area (Å²) in [6.45, 7) is -2.91. The number of nitrogens with one attached hydrogen (secondary N) is 1. The second kappa shape index (κ2) is 7.46. The summed E-state index contributed by atoms with van der Waals surface area (Å²) in [6, 6.07) is 6.26. The molecule has 25 heavy (non-hydrogen) atoms. The molecule has 3 rings (SSSR count). The van der Waals surface area contributed by atoms with Gasteiger partial charge in [-0.1, -0.05) is 18.2 Å². The Hall–Kier alpha value is -2.70. The third-order valence-electron chi connectivity index (χ3n) is 4.24. The Kier molecular flexibility index (Phi) is 5.11. The molecule has 1 heterocycles. The van der Waals surface area contributed by atoms with Gasteiger partial charge in [-0.05, 0) is 31.4 Å². The van der Waals surface area contributed by atoms with Crippen LogP contribution in [-0.2, 0) is 18.3 Å². The monoisotopic (exact) mass is 347 g/mol. The molecule has 1 aliphatic carbocycles. The Balaban J connectivity index is 1.69. The molecule has 0 spiro atoms. The number of aryl methyl sites for hydroxylation is 1. The summed E-state index contributed by atoms with van der Waals surface area (Å²) in [4.78, 5) is 12.2. The molecule has 0 radical (unpaired) electrons. The van der Waals surface area contributed by atoms with Crippen molar-refractivity contribution in [3.8, 4) is 5.75 Å². The van der Waals surface area contributed by atoms with E-state index < -0.39 is 6.61 Å². The molecule has 0 bridgehead atoms. The number of fused-ring (bicyclic) bond motifs is 1. The molecule has 1 amide bonds. The van der Waals surface area contributed by atoms with Crippen molar-refractivity contribution in [3.05, 3.63) is 53.4 Å². The van der Waals surface area contributed by atoms with Crippen LogP contribution in [0.3, 0.4) is 0 Å². The predicted octanol–water partition coefficient (Wildman–Crippen LogP) is 3.23. The summed E-state index contributed by atoms with van der Waals surface area (Å²) < 4.78 is 31.1. The average Bonchev–Trinajstić information content (AvgIpc) is 2.96. The number of rotatable bonds is 5. The zero-order chi connectivity index (χ0) is 17.8. The number of alkyl halides is 2. The zero-order valence-electron chi connectivity index (χ0n) is 13.8. The minimum absolute atomic E-state index is 0.0359. The van der Waals surface area contributed by atoms with E-state index >= 15 is 0 Å². The van der Waals surface area contributed by atoms with Crippen LogP contribution < -0.4 is 10.1 Å². The van der Waals surface area contributed by atoms with Gasteiger partial charge in [-0.2, -0.15) is 13.9 Å². The SMILES string of the molecule is Cn1ncc2c1CCC[C@@H]2NC(=O)/C=C/c1ccccc1OC(F)F. The smallest absolute Gasteiger partial charge is 0.387 e. The number of para-hydroxylation sites is 1. The van der Waals surface area contributed by atoms with Crippen LogP contribution in [0.25, 0.3) is 6.08 Å². The van der Waals surface area contributed by atoms with Gasteiger partial charge in [0, 0.05) is 29.9 Å². The van der Waals surface area contributed by atoms with Crippen molar-refractivity contribution in [2.75, 3.05) is 0 Å². The molecule has 1 atom stereocenters. The second-order valence-corrected chi connectivity index (χ2v) is 5.87. The third-order valence-corrected chi connectivity index (χ3v) is 4.24. The highest BCUT2D eigenvalue weighted by atomic mass is 19.3. The molecule has 1 N–H and O–H groups in total. The number of halogens is 2. The van der Waals surface area contributed by atoms with Crippen molar-refractivity contribution in [1.82, 2.24) is 15.1 Å². The molecule has 1 aliphatic rings. The average molecular weight is 347 g/mol. The van der Waals surface area contributed by atoms with Gasteiger partial charge < -0.3 is 10.1 Å². The summed E-state index contributed by atoms with van der Waals surface area (Å²) in [6.07, 6.45) is 7.37. The highest BCUT2D eigenvalue weighted by Crippen LogP contribution is 2.29. The van der Waals surface area contributed by atoms with Gasteiger partial charge in [-0.15, -0.1) is 0 Å². The fraction of sp³-hybridized carbons (Fsp3) is 0.333. The minimum atomic E-state index is -2.91. The van der Waals surface area contributed by atoms with E-state index in [9.17, 15) is 13.6 Å². The van der Waals surface area contributed by atoms with Gasteiger partial charge in [-0.25, -0.2) is 0 Å². The van der Waals surface area contributed by atoms with Crippen molar-refractivity contribution >= 4 is 12.0 Å². The summed E-state index contributed by atoms with van der Waals surface area (Å²) in [5, 5.41) is 7.20. The lowest BCUT2D eigenvalue weighted by Crippen LogP contribution is -2.29. The second-order valence-electron chi connectivity index (χ2n) is 5.87. The van der Waals surface area contributed by atoms with Crippen LogP contribution in [0.15, 0.2) is 36.5 Å². The molecule has 0 saturated carbocycles. The molecule has 1 aromatic carbocycles. The van der Waals surface area contributed by atoms with Gasteiger partial charge in [-0.3, -0.25) is 9.48 Å². The first-order chi connectivity index (χ1) is 12.0. The maximum absolute atomic E-state index is 12.4. The van der Waals surface area contributed by atoms with E-state index in [1.165, 1.54) is 18.2 Å². The Morgan fingerprint density at radius 2 is 2.24 bits per heavy atom. The van der Waals surface area contributed by atoms with Crippen LogP contribution in [0.1, 0.15) is 35.7 Å². The number of amides is 1. The first kappa shape index (κ1) is 17.1. The van der Waals surface area contributed by atoms with Crippen LogP contribution in [0.2, 0.25) is 0 Å². The molecule has 5 nitrogen and oxygen atoms in total. The van der Waals surface area contributed by atoms with Crippen LogP contribution in [0.4, 0.5) is 8.78 Å². The molecule has 1 aromatic heterocycles. The van der Waals surface area contributed by atoms with E-state index in [4.69, 9.17) is 0 Å². The number of hydrogen-bond acceptors (Lipinski definition) is 3. The van der Waals surface area contributed by atoms with Crippen LogP contribution in [0.5, 0.6) is 5.75 Å². The predicted molar refractivity (Wildman–Crippen MR) is 89.1 cm³/mol. The summed E-state index contributed by atoms with van der Waals surface area (Å²) in [5.41, 5.74) is 2.59. The molecule has 0 aliphatic heterocycles. The Morgan fingerprint density at radius 1 is 1.44 bits per heavy atom. The lowest BCUT2D eigenvalue weighted by atomic mass is 9.93. The van der Waals surface area contributed by atoms with Crippen LogP contribution in [0, 0.1) is 0 Å². The first-order valence-corrected chi connectivity index (χ1v) is 8.08. The standard InChI is InChI=1S/C18H19F2N3O2/c1-23-15-7-4-6-14(13(15)11-21-23)22-17(24)10-9-12-5-2-3-8-16(12)25-18(19)20/h2-3,5,8-11,14,18H,4,6-7H2,1H3,(H,22,24)/b10-9+/t14-/m0/s1. The van der Waals surface area contributed by atoms with Gasteiger partial charge in [0.05, 0.1) is 12.2 Å². The molecule has 0 saturated heterocycles. The number of ether oxygens (including phenoxy) is 1. The van der Waals surface area contributed by atoms with Crippen molar-refractivity contribution in [3.63, 3.8) is 0 Å². The molecule has 2 aromatic rings. The summed E-state index contributed by atoms with van der Waals surface area (Å²) >= 11 is 0. The van der Waals surface area contributed by atoms with Gasteiger partial charge in [0.25, 0.3) is 0 Å². The fourth-order valence-corrected chi connectivity index (χ4v) is 3.06. The Labute approximate surface area is 144 Å². The largest absolute Gasteiger partial charge is 0.434 e. The Bertz CT molecular complexity index is 786. The van der Waals surface area contributed by atoms with Gasteiger partial charge in [0.2, 0.25) is 5.91 Å². The van der Waals surface area contributed by atoms with E-state index in [1.54, 1.807) is 24.4 Å².